The van der Waals surface area contributed by atoms with Gasteiger partial charge in [0.05, 0.1) is 6.04 Å². The van der Waals surface area contributed by atoms with Crippen LogP contribution in [0.2, 0.25) is 0 Å². The maximum atomic E-state index is 12.1. The Balaban J connectivity index is 2.58. The predicted molar refractivity (Wildman–Crippen MR) is 62.5 cm³/mol. The lowest BCUT2D eigenvalue weighted by Gasteiger charge is -2.31. The van der Waals surface area contributed by atoms with Gasteiger partial charge in [-0.3, -0.25) is 4.79 Å². The van der Waals surface area contributed by atoms with Gasteiger partial charge in [-0.1, -0.05) is 33.6 Å². The standard InChI is InChI=1S/C12H24N2O/c1-12(2,3)10(13)11(15)14-8-6-4-5-7-9-14/h10H,4-9,13H2,1-3H3. The molecule has 0 radical (unpaired) electrons. The summed E-state index contributed by atoms with van der Waals surface area (Å²) in [5.41, 5.74) is 5.85. The van der Waals surface area contributed by atoms with Crippen molar-refractivity contribution in [3.05, 3.63) is 0 Å². The number of carbonyl (C=O) groups is 1. The zero-order valence-corrected chi connectivity index (χ0v) is 10.3. The molecule has 0 spiro atoms. The highest BCUT2D eigenvalue weighted by molar-refractivity contribution is 5.82. The van der Waals surface area contributed by atoms with Crippen molar-refractivity contribution in [3.8, 4) is 0 Å². The average molecular weight is 212 g/mol. The van der Waals surface area contributed by atoms with Gasteiger partial charge in [0, 0.05) is 13.1 Å². The SMILES string of the molecule is CC(C)(C)C(N)C(=O)N1CCCCCC1. The fourth-order valence-corrected chi connectivity index (χ4v) is 1.86. The molecule has 1 rings (SSSR count). The molecule has 1 heterocycles. The van der Waals surface area contributed by atoms with Crippen molar-refractivity contribution >= 4 is 5.91 Å². The number of nitrogens with zero attached hydrogens (tertiary/aromatic N) is 1. The van der Waals surface area contributed by atoms with E-state index in [2.05, 4.69) is 0 Å². The molecule has 0 aromatic carbocycles. The number of likely N-dealkylation sites (tertiary alicyclic amines) is 1. The zero-order valence-electron chi connectivity index (χ0n) is 10.3. The monoisotopic (exact) mass is 212 g/mol. The summed E-state index contributed by atoms with van der Waals surface area (Å²) in [6.45, 7) is 7.85. The van der Waals surface area contributed by atoms with Crippen LogP contribution in [0.1, 0.15) is 46.5 Å². The summed E-state index contributed by atoms with van der Waals surface area (Å²) < 4.78 is 0. The van der Waals surface area contributed by atoms with Crippen molar-refractivity contribution in [1.82, 2.24) is 4.90 Å². The quantitative estimate of drug-likeness (QED) is 0.720. The summed E-state index contributed by atoms with van der Waals surface area (Å²) in [5.74, 6) is 0.129. The average Bonchev–Trinajstić information content (AvgIpc) is 2.42. The minimum Gasteiger partial charge on any atom is -0.341 e. The maximum Gasteiger partial charge on any atom is 0.240 e. The van der Waals surface area contributed by atoms with E-state index < -0.39 is 0 Å². The largest absolute Gasteiger partial charge is 0.341 e. The summed E-state index contributed by atoms with van der Waals surface area (Å²) in [7, 11) is 0. The Kier molecular flexibility index (Phi) is 4.14. The Morgan fingerprint density at radius 3 is 2.00 bits per heavy atom. The van der Waals surface area contributed by atoms with Crippen LogP contribution in [0.3, 0.4) is 0 Å². The first kappa shape index (κ1) is 12.5. The van der Waals surface area contributed by atoms with Gasteiger partial charge in [0.1, 0.15) is 0 Å². The first-order valence-corrected chi connectivity index (χ1v) is 5.97. The van der Waals surface area contributed by atoms with Gasteiger partial charge >= 0.3 is 0 Å². The van der Waals surface area contributed by atoms with Crippen LogP contribution in [0, 0.1) is 5.41 Å². The highest BCUT2D eigenvalue weighted by atomic mass is 16.2. The molecule has 1 aliphatic heterocycles. The van der Waals surface area contributed by atoms with E-state index in [4.69, 9.17) is 5.73 Å². The number of nitrogens with two attached hydrogens (primary N) is 1. The molecule has 0 aromatic heterocycles. The Morgan fingerprint density at radius 1 is 1.13 bits per heavy atom. The first-order valence-electron chi connectivity index (χ1n) is 5.97. The van der Waals surface area contributed by atoms with Gasteiger partial charge in [-0.2, -0.15) is 0 Å². The second-order valence-corrected chi connectivity index (χ2v) is 5.58. The molecule has 15 heavy (non-hydrogen) atoms. The molecule has 3 nitrogen and oxygen atoms in total. The fraction of sp³-hybridized carbons (Fsp3) is 0.917. The molecule has 1 saturated heterocycles. The van der Waals surface area contributed by atoms with Gasteiger partial charge in [0.2, 0.25) is 5.91 Å². The molecular weight excluding hydrogens is 188 g/mol. The minimum absolute atomic E-state index is 0.129. The van der Waals surface area contributed by atoms with Crippen LogP contribution in [-0.4, -0.2) is 29.9 Å². The van der Waals surface area contributed by atoms with E-state index >= 15 is 0 Å². The molecule has 88 valence electrons. The van der Waals surface area contributed by atoms with E-state index in [9.17, 15) is 4.79 Å². The summed E-state index contributed by atoms with van der Waals surface area (Å²) >= 11 is 0. The minimum atomic E-state index is -0.365. The Labute approximate surface area is 93.0 Å². The topological polar surface area (TPSA) is 46.3 Å². The van der Waals surface area contributed by atoms with E-state index in [0.29, 0.717) is 0 Å². The molecular formula is C12H24N2O. The lowest BCUT2D eigenvalue weighted by Crippen LogP contribution is -2.50. The van der Waals surface area contributed by atoms with Crippen LogP contribution in [0.25, 0.3) is 0 Å². The Hall–Kier alpha value is -0.570. The van der Waals surface area contributed by atoms with Crippen LogP contribution < -0.4 is 5.73 Å². The van der Waals surface area contributed by atoms with E-state index in [0.717, 1.165) is 25.9 Å². The van der Waals surface area contributed by atoms with Crippen molar-refractivity contribution < 1.29 is 4.79 Å². The van der Waals surface area contributed by atoms with Gasteiger partial charge in [0.25, 0.3) is 0 Å². The smallest absolute Gasteiger partial charge is 0.240 e. The molecule has 0 bridgehead atoms. The summed E-state index contributed by atoms with van der Waals surface area (Å²) in [4.78, 5) is 14.0. The number of amides is 1. The maximum absolute atomic E-state index is 12.1. The van der Waals surface area contributed by atoms with Crippen LogP contribution in [-0.2, 0) is 4.79 Å². The zero-order chi connectivity index (χ0) is 11.5. The lowest BCUT2D eigenvalue weighted by molar-refractivity contribution is -0.134. The van der Waals surface area contributed by atoms with Crippen LogP contribution in [0.5, 0.6) is 0 Å². The highest BCUT2D eigenvalue weighted by Crippen LogP contribution is 2.20. The predicted octanol–water partition coefficient (Wildman–Crippen LogP) is 1.76. The number of rotatable bonds is 1. The Bertz CT molecular complexity index is 212. The van der Waals surface area contributed by atoms with Gasteiger partial charge in [-0.15, -0.1) is 0 Å². The molecule has 0 aliphatic carbocycles. The molecule has 0 saturated carbocycles. The third-order valence-electron chi connectivity index (χ3n) is 3.12. The van der Waals surface area contributed by atoms with Crippen molar-refractivity contribution in [1.29, 1.82) is 0 Å². The van der Waals surface area contributed by atoms with Crippen molar-refractivity contribution in [2.75, 3.05) is 13.1 Å². The van der Waals surface area contributed by atoms with Crippen molar-refractivity contribution in [2.24, 2.45) is 11.1 Å². The summed E-state index contributed by atoms with van der Waals surface area (Å²) in [6, 6.07) is -0.365. The van der Waals surface area contributed by atoms with Gasteiger partial charge in [-0.05, 0) is 18.3 Å². The molecule has 3 heteroatoms. The third-order valence-corrected chi connectivity index (χ3v) is 3.12. The number of carbonyl (C=O) groups excluding carboxylic acids is 1. The Morgan fingerprint density at radius 2 is 1.60 bits per heavy atom. The molecule has 2 N–H and O–H groups in total. The summed E-state index contributed by atoms with van der Waals surface area (Å²) in [6.07, 6.45) is 4.74. The van der Waals surface area contributed by atoms with Crippen molar-refractivity contribution in [3.63, 3.8) is 0 Å². The molecule has 1 unspecified atom stereocenters. The van der Waals surface area contributed by atoms with Gasteiger partial charge < -0.3 is 10.6 Å². The fourth-order valence-electron chi connectivity index (χ4n) is 1.86. The number of hydrogen-bond donors (Lipinski definition) is 1. The summed E-state index contributed by atoms with van der Waals surface area (Å²) in [5, 5.41) is 0. The van der Waals surface area contributed by atoms with Crippen LogP contribution >= 0.6 is 0 Å². The van der Waals surface area contributed by atoms with E-state index in [1.165, 1.54) is 12.8 Å². The number of hydrogen-bond acceptors (Lipinski definition) is 2. The van der Waals surface area contributed by atoms with Crippen molar-refractivity contribution in [2.45, 2.75) is 52.5 Å². The van der Waals surface area contributed by atoms with E-state index in [1.807, 2.05) is 25.7 Å². The molecule has 1 aliphatic rings. The second kappa shape index (κ2) is 4.97. The first-order chi connectivity index (χ1) is 6.93. The second-order valence-electron chi connectivity index (χ2n) is 5.58. The van der Waals surface area contributed by atoms with Gasteiger partial charge in [0.15, 0.2) is 0 Å². The normalized spacial score (nSPS) is 20.9. The van der Waals surface area contributed by atoms with Crippen LogP contribution in [0.4, 0.5) is 0 Å². The highest BCUT2D eigenvalue weighted by Gasteiger charge is 2.30. The molecule has 0 aromatic rings. The molecule has 1 fully saturated rings. The molecule has 1 atom stereocenters. The van der Waals surface area contributed by atoms with Crippen LogP contribution in [0.15, 0.2) is 0 Å². The van der Waals surface area contributed by atoms with Gasteiger partial charge in [-0.25, -0.2) is 0 Å². The van der Waals surface area contributed by atoms with E-state index in [-0.39, 0.29) is 17.4 Å². The molecule has 1 amide bonds. The lowest BCUT2D eigenvalue weighted by atomic mass is 9.86. The van der Waals surface area contributed by atoms with E-state index in [1.54, 1.807) is 0 Å². The third kappa shape index (κ3) is 3.49.